The first kappa shape index (κ1) is 14.2. The molecule has 0 radical (unpaired) electrons. The number of hydrogen-bond acceptors (Lipinski definition) is 5. The fraction of sp³-hybridized carbons (Fsp3) is 0.188. The van der Waals surface area contributed by atoms with E-state index in [-0.39, 0.29) is 17.8 Å². The van der Waals surface area contributed by atoms with Gasteiger partial charge in [0.05, 0.1) is 11.2 Å². The van der Waals surface area contributed by atoms with Crippen LogP contribution < -0.4 is 11.1 Å². The van der Waals surface area contributed by atoms with Gasteiger partial charge in [0.15, 0.2) is 5.82 Å². The van der Waals surface area contributed by atoms with Crippen LogP contribution in [-0.4, -0.2) is 21.0 Å². The van der Waals surface area contributed by atoms with Gasteiger partial charge in [-0.15, -0.1) is 0 Å². The Hall–Kier alpha value is -2.76. The number of benzene rings is 1. The number of rotatable bonds is 3. The van der Waals surface area contributed by atoms with Gasteiger partial charge in [-0.1, -0.05) is 0 Å². The second-order valence-electron chi connectivity index (χ2n) is 5.30. The maximum atomic E-state index is 13.0. The largest absolute Gasteiger partial charge is 0.368 e. The van der Waals surface area contributed by atoms with Crippen molar-refractivity contribution >= 4 is 22.8 Å². The Balaban J connectivity index is 2.15. The summed E-state index contributed by atoms with van der Waals surface area (Å²) in [6, 6.07) is 10.1. The molecule has 0 aliphatic rings. The molecule has 112 valence electrons. The number of anilines is 2. The summed E-state index contributed by atoms with van der Waals surface area (Å²) in [6.45, 7) is 4.02. The quantitative estimate of drug-likeness (QED) is 0.776. The summed E-state index contributed by atoms with van der Waals surface area (Å²) in [5, 5.41) is 3.22. The Morgan fingerprint density at radius 3 is 2.41 bits per heavy atom. The smallest absolute Gasteiger partial charge is 0.222 e. The highest BCUT2D eigenvalue weighted by Crippen LogP contribution is 2.25. The summed E-state index contributed by atoms with van der Waals surface area (Å²) in [5.41, 5.74) is 8.60. The lowest BCUT2D eigenvalue weighted by atomic mass is 10.1. The third kappa shape index (κ3) is 2.81. The van der Waals surface area contributed by atoms with Crippen LogP contribution in [0.25, 0.3) is 22.3 Å². The molecule has 2 aromatic heterocycles. The van der Waals surface area contributed by atoms with Crippen molar-refractivity contribution < 1.29 is 4.39 Å². The van der Waals surface area contributed by atoms with Crippen LogP contribution in [0.4, 0.5) is 16.2 Å². The molecule has 1 aromatic carbocycles. The van der Waals surface area contributed by atoms with Gasteiger partial charge in [0.25, 0.3) is 0 Å². The van der Waals surface area contributed by atoms with E-state index in [9.17, 15) is 4.39 Å². The first-order valence-corrected chi connectivity index (χ1v) is 6.99. The topological polar surface area (TPSA) is 76.7 Å². The summed E-state index contributed by atoms with van der Waals surface area (Å²) < 4.78 is 13.0. The van der Waals surface area contributed by atoms with Crippen molar-refractivity contribution in [2.24, 2.45) is 0 Å². The van der Waals surface area contributed by atoms with Gasteiger partial charge in [0, 0.05) is 11.6 Å². The molecule has 0 saturated carbocycles. The van der Waals surface area contributed by atoms with Crippen LogP contribution in [0.15, 0.2) is 36.4 Å². The van der Waals surface area contributed by atoms with E-state index in [2.05, 4.69) is 20.3 Å². The summed E-state index contributed by atoms with van der Waals surface area (Å²) >= 11 is 0. The Kier molecular flexibility index (Phi) is 3.58. The van der Waals surface area contributed by atoms with Crippen molar-refractivity contribution in [2.45, 2.75) is 19.9 Å². The van der Waals surface area contributed by atoms with Crippen LogP contribution in [0.2, 0.25) is 0 Å². The van der Waals surface area contributed by atoms with E-state index in [0.29, 0.717) is 16.9 Å². The Labute approximate surface area is 127 Å². The third-order valence-electron chi connectivity index (χ3n) is 3.12. The number of nitrogens with one attached hydrogen (secondary N) is 1. The van der Waals surface area contributed by atoms with Crippen LogP contribution in [0.5, 0.6) is 0 Å². The SMILES string of the molecule is CC(C)Nc1nc(N)nc2ccc(-c3ccc(F)cc3)nc12. The number of pyridine rings is 1. The minimum Gasteiger partial charge on any atom is -0.368 e. The van der Waals surface area contributed by atoms with Crippen LogP contribution in [-0.2, 0) is 0 Å². The molecule has 0 saturated heterocycles. The van der Waals surface area contributed by atoms with Crippen molar-refractivity contribution in [2.75, 3.05) is 11.1 Å². The van der Waals surface area contributed by atoms with Gasteiger partial charge < -0.3 is 11.1 Å². The number of nitrogens with zero attached hydrogens (tertiary/aromatic N) is 3. The lowest BCUT2D eigenvalue weighted by Crippen LogP contribution is -2.13. The van der Waals surface area contributed by atoms with E-state index in [4.69, 9.17) is 5.73 Å². The second kappa shape index (κ2) is 5.55. The standard InChI is InChI=1S/C16H16FN5/c1-9(2)19-15-14-13(21-16(18)22-15)8-7-12(20-14)10-3-5-11(17)6-4-10/h3-9H,1-2H3,(H3,18,19,21,22). The van der Waals surface area contributed by atoms with E-state index >= 15 is 0 Å². The maximum Gasteiger partial charge on any atom is 0.222 e. The van der Waals surface area contributed by atoms with Crippen LogP contribution in [0.1, 0.15) is 13.8 Å². The zero-order chi connectivity index (χ0) is 15.7. The molecule has 0 aliphatic heterocycles. The molecule has 3 rings (SSSR count). The molecule has 3 N–H and O–H groups in total. The Bertz CT molecular complexity index is 815. The number of nitrogens with two attached hydrogens (primary N) is 1. The molecule has 5 nitrogen and oxygen atoms in total. The zero-order valence-corrected chi connectivity index (χ0v) is 12.3. The number of halogens is 1. The average Bonchev–Trinajstić information content (AvgIpc) is 2.47. The number of fused-ring (bicyclic) bond motifs is 1. The van der Waals surface area contributed by atoms with Crippen LogP contribution in [0.3, 0.4) is 0 Å². The summed E-state index contributed by atoms with van der Waals surface area (Å²) in [6.07, 6.45) is 0. The van der Waals surface area contributed by atoms with Crippen molar-refractivity contribution in [1.29, 1.82) is 0 Å². The minimum atomic E-state index is -0.275. The highest BCUT2D eigenvalue weighted by molar-refractivity contribution is 5.88. The van der Waals surface area contributed by atoms with Gasteiger partial charge in [0.2, 0.25) is 5.95 Å². The van der Waals surface area contributed by atoms with Gasteiger partial charge in [0.1, 0.15) is 11.3 Å². The molecular weight excluding hydrogens is 281 g/mol. The molecule has 0 fully saturated rings. The first-order chi connectivity index (χ1) is 10.5. The molecule has 0 bridgehead atoms. The molecule has 3 aromatic rings. The monoisotopic (exact) mass is 297 g/mol. The molecule has 0 spiro atoms. The molecule has 6 heteroatoms. The van der Waals surface area contributed by atoms with Gasteiger partial charge >= 0.3 is 0 Å². The van der Waals surface area contributed by atoms with Crippen LogP contribution in [0, 0.1) is 5.82 Å². The first-order valence-electron chi connectivity index (χ1n) is 6.99. The van der Waals surface area contributed by atoms with Crippen molar-refractivity contribution in [3.8, 4) is 11.3 Å². The molecule has 0 amide bonds. The lowest BCUT2D eigenvalue weighted by molar-refractivity contribution is 0.628. The molecular formula is C16H16FN5. The predicted octanol–water partition coefficient (Wildman–Crippen LogP) is 3.23. The van der Waals surface area contributed by atoms with Crippen molar-refractivity contribution in [3.05, 3.63) is 42.2 Å². The highest BCUT2D eigenvalue weighted by atomic mass is 19.1. The molecule has 0 unspecified atom stereocenters. The molecule has 0 atom stereocenters. The lowest BCUT2D eigenvalue weighted by Gasteiger charge is -2.12. The predicted molar refractivity (Wildman–Crippen MR) is 85.9 cm³/mol. The van der Waals surface area contributed by atoms with E-state index in [1.165, 1.54) is 12.1 Å². The number of hydrogen-bond donors (Lipinski definition) is 2. The summed E-state index contributed by atoms with van der Waals surface area (Å²) in [5.74, 6) is 0.524. The van der Waals surface area contributed by atoms with E-state index in [0.717, 1.165) is 11.3 Å². The second-order valence-corrected chi connectivity index (χ2v) is 5.30. The number of nitrogen functional groups attached to an aromatic ring is 1. The van der Waals surface area contributed by atoms with Gasteiger partial charge in [-0.2, -0.15) is 4.98 Å². The fourth-order valence-corrected chi connectivity index (χ4v) is 2.19. The minimum absolute atomic E-state index is 0.189. The van der Waals surface area contributed by atoms with E-state index in [1.54, 1.807) is 12.1 Å². The molecule has 22 heavy (non-hydrogen) atoms. The van der Waals surface area contributed by atoms with Gasteiger partial charge in [-0.05, 0) is 50.2 Å². The van der Waals surface area contributed by atoms with E-state index < -0.39 is 0 Å². The zero-order valence-electron chi connectivity index (χ0n) is 12.3. The fourth-order valence-electron chi connectivity index (χ4n) is 2.19. The highest BCUT2D eigenvalue weighted by Gasteiger charge is 2.10. The summed E-state index contributed by atoms with van der Waals surface area (Å²) in [7, 11) is 0. The third-order valence-corrected chi connectivity index (χ3v) is 3.12. The maximum absolute atomic E-state index is 13.0. The van der Waals surface area contributed by atoms with Gasteiger partial charge in [-0.3, -0.25) is 0 Å². The molecule has 2 heterocycles. The van der Waals surface area contributed by atoms with Gasteiger partial charge in [-0.25, -0.2) is 14.4 Å². The van der Waals surface area contributed by atoms with E-state index in [1.807, 2.05) is 26.0 Å². The number of aromatic nitrogens is 3. The Morgan fingerprint density at radius 1 is 1.00 bits per heavy atom. The summed E-state index contributed by atoms with van der Waals surface area (Å²) in [4.78, 5) is 13.0. The average molecular weight is 297 g/mol. The normalized spacial score (nSPS) is 11.1. The molecule has 0 aliphatic carbocycles. The van der Waals surface area contributed by atoms with Crippen molar-refractivity contribution in [1.82, 2.24) is 15.0 Å². The Morgan fingerprint density at radius 2 is 1.73 bits per heavy atom. The van der Waals surface area contributed by atoms with Crippen molar-refractivity contribution in [3.63, 3.8) is 0 Å². The van der Waals surface area contributed by atoms with Crippen LogP contribution >= 0.6 is 0 Å².